The summed E-state index contributed by atoms with van der Waals surface area (Å²) in [7, 11) is 1.31. The highest BCUT2D eigenvalue weighted by molar-refractivity contribution is 6.01. The number of nitro groups is 1. The third-order valence-electron chi connectivity index (χ3n) is 10.2. The van der Waals surface area contributed by atoms with E-state index in [1.807, 2.05) is 48.5 Å². The number of para-hydroxylation sites is 1. The number of hydroxylamine groups is 2. The molecular formula is C48H59N5O16. The highest BCUT2D eigenvalue weighted by Crippen LogP contribution is 2.39. The summed E-state index contributed by atoms with van der Waals surface area (Å²) in [6, 6.07) is 17.7. The molecule has 2 heterocycles. The molecule has 0 aliphatic carbocycles. The van der Waals surface area contributed by atoms with E-state index in [0.717, 1.165) is 28.4 Å². The van der Waals surface area contributed by atoms with Crippen LogP contribution in [0.3, 0.4) is 0 Å². The van der Waals surface area contributed by atoms with Crippen molar-refractivity contribution in [3.05, 3.63) is 93.0 Å². The number of nitrogens with zero attached hydrogens (tertiary/aromatic N) is 3. The molecule has 3 aromatic rings. The van der Waals surface area contributed by atoms with E-state index in [-0.39, 0.29) is 114 Å². The summed E-state index contributed by atoms with van der Waals surface area (Å²) < 4.78 is 38.1. The Morgan fingerprint density at radius 3 is 2.01 bits per heavy atom. The number of hydrogen-bond donors (Lipinski definition) is 2. The standard InChI is InChI=1S/C47H55N5O16.CH4/c1-33(67-47(58)68-51-45(56)15-16-46(51)57)37-30-40(61-2)41(31-39(37)52(59)60)66-21-7-12-42(53)49-20-23-63-25-27-65-29-28-64-26-24-62-22-18-43(54)48-19-17-44(55)50-32-36-10-4-3-8-34(36)13-14-35-9-5-6-11-38(35)50;/h3-6,8-11,30-31,33H,7,12,15-29,32H2,1-2H3,(H,48,54)(H,49,53);1H4. The van der Waals surface area contributed by atoms with Gasteiger partial charge in [0, 0.05) is 56.3 Å². The number of rotatable bonds is 28. The molecule has 0 spiro atoms. The second-order valence-corrected chi connectivity index (χ2v) is 15.0. The maximum Gasteiger partial charge on any atom is 0.534 e. The smallest absolute Gasteiger partial charge is 0.493 e. The zero-order valence-corrected chi connectivity index (χ0v) is 38.0. The lowest BCUT2D eigenvalue weighted by atomic mass is 10.0. The van der Waals surface area contributed by atoms with Crippen molar-refractivity contribution >= 4 is 47.1 Å². The SMILES string of the molecule is C.COc1cc(C(C)OC(=O)ON2C(=O)CCC2=O)c([N+](=O)[O-])cc1OCCCC(=O)NCCOCCOCCOCCOCCC(=O)NCCC(=O)N1Cc2ccccc2C#Cc2ccccc21. The monoisotopic (exact) mass is 961 g/mol. The Balaban J connectivity index is 0.0000104. The fourth-order valence-corrected chi connectivity index (χ4v) is 6.71. The van der Waals surface area contributed by atoms with Gasteiger partial charge in [-0.3, -0.25) is 38.9 Å². The second kappa shape index (κ2) is 28.9. The summed E-state index contributed by atoms with van der Waals surface area (Å²) in [4.78, 5) is 91.2. The predicted molar refractivity (Wildman–Crippen MR) is 247 cm³/mol. The molecule has 372 valence electrons. The first kappa shape index (κ1) is 54.5. The van der Waals surface area contributed by atoms with Gasteiger partial charge in [-0.05, 0) is 43.2 Å². The maximum absolute atomic E-state index is 13.3. The predicted octanol–water partition coefficient (Wildman–Crippen LogP) is 4.70. The van der Waals surface area contributed by atoms with Crippen LogP contribution >= 0.6 is 0 Å². The van der Waals surface area contributed by atoms with Crippen molar-refractivity contribution in [2.45, 2.75) is 65.5 Å². The van der Waals surface area contributed by atoms with Crippen molar-refractivity contribution in [2.75, 3.05) is 84.6 Å². The summed E-state index contributed by atoms with van der Waals surface area (Å²) in [6.07, 6.45) is -2.21. The highest BCUT2D eigenvalue weighted by atomic mass is 16.8. The minimum atomic E-state index is -1.40. The quantitative estimate of drug-likeness (QED) is 0.0250. The molecule has 2 N–H and O–H groups in total. The van der Waals surface area contributed by atoms with Crippen LogP contribution in [0.4, 0.5) is 16.2 Å². The molecule has 21 nitrogen and oxygen atoms in total. The minimum Gasteiger partial charge on any atom is -0.493 e. The van der Waals surface area contributed by atoms with Crippen LogP contribution in [-0.2, 0) is 59.0 Å². The van der Waals surface area contributed by atoms with Crippen LogP contribution in [0.2, 0.25) is 0 Å². The number of imide groups is 1. The van der Waals surface area contributed by atoms with E-state index < -0.39 is 34.7 Å². The number of fused-ring (bicyclic) bond motifs is 2. The van der Waals surface area contributed by atoms with Gasteiger partial charge in [0.15, 0.2) is 11.5 Å². The normalized spacial score (nSPS) is 13.0. The van der Waals surface area contributed by atoms with Crippen LogP contribution in [0.5, 0.6) is 11.5 Å². The van der Waals surface area contributed by atoms with Crippen LogP contribution in [0, 0.1) is 22.0 Å². The van der Waals surface area contributed by atoms with Crippen LogP contribution in [0.25, 0.3) is 0 Å². The van der Waals surface area contributed by atoms with Gasteiger partial charge in [-0.15, -0.1) is 0 Å². The van der Waals surface area contributed by atoms with Gasteiger partial charge in [-0.2, -0.15) is 0 Å². The molecule has 2 aliphatic heterocycles. The number of anilines is 1. The number of methoxy groups -OCH3 is 1. The molecule has 5 rings (SSSR count). The van der Waals surface area contributed by atoms with E-state index in [0.29, 0.717) is 51.2 Å². The number of carbonyl (C=O) groups excluding carboxylic acids is 6. The Morgan fingerprint density at radius 2 is 1.33 bits per heavy atom. The number of ether oxygens (including phenoxy) is 7. The van der Waals surface area contributed by atoms with Gasteiger partial charge in [0.2, 0.25) is 17.7 Å². The summed E-state index contributed by atoms with van der Waals surface area (Å²) in [5.41, 5.74) is 2.84. The molecule has 2 aliphatic rings. The second-order valence-electron chi connectivity index (χ2n) is 15.0. The van der Waals surface area contributed by atoms with E-state index >= 15 is 0 Å². The van der Waals surface area contributed by atoms with Crippen LogP contribution < -0.4 is 25.0 Å². The largest absolute Gasteiger partial charge is 0.534 e. The van der Waals surface area contributed by atoms with Crippen LogP contribution in [-0.4, -0.2) is 125 Å². The average molecular weight is 962 g/mol. The van der Waals surface area contributed by atoms with Gasteiger partial charge in [0.05, 0.1) is 95.4 Å². The Bertz CT molecular complexity index is 2300. The van der Waals surface area contributed by atoms with E-state index in [1.54, 1.807) is 4.90 Å². The van der Waals surface area contributed by atoms with Gasteiger partial charge >= 0.3 is 6.16 Å². The Kier molecular flexibility index (Phi) is 22.8. The number of nitrogens with one attached hydrogen (secondary N) is 2. The highest BCUT2D eigenvalue weighted by Gasteiger charge is 2.35. The minimum absolute atomic E-state index is 0. The zero-order chi connectivity index (χ0) is 48.7. The van der Waals surface area contributed by atoms with Crippen molar-refractivity contribution in [1.82, 2.24) is 15.7 Å². The van der Waals surface area contributed by atoms with Gasteiger partial charge in [-0.25, -0.2) is 4.79 Å². The van der Waals surface area contributed by atoms with Gasteiger partial charge in [0.1, 0.15) is 6.10 Å². The van der Waals surface area contributed by atoms with E-state index in [2.05, 4.69) is 27.3 Å². The van der Waals surface area contributed by atoms with Crippen LogP contribution in [0.1, 0.15) is 81.2 Å². The molecule has 1 fully saturated rings. The molecule has 0 saturated carbocycles. The summed E-state index contributed by atoms with van der Waals surface area (Å²) in [6.45, 7) is 4.62. The third-order valence-corrected chi connectivity index (χ3v) is 10.2. The number of benzene rings is 3. The molecule has 1 unspecified atom stereocenters. The number of hydrogen-bond acceptors (Lipinski definition) is 16. The first-order chi connectivity index (χ1) is 32.9. The average Bonchev–Trinajstić information content (AvgIpc) is 3.63. The molecule has 1 atom stereocenters. The van der Waals surface area contributed by atoms with E-state index in [4.69, 9.17) is 33.2 Å². The molecule has 0 radical (unpaired) electrons. The Labute approximate surface area is 400 Å². The van der Waals surface area contributed by atoms with Gasteiger partial charge in [0.25, 0.3) is 17.5 Å². The number of nitro benzene ring substituents is 1. The molecular weight excluding hydrogens is 903 g/mol. The van der Waals surface area contributed by atoms with Crippen molar-refractivity contribution in [1.29, 1.82) is 0 Å². The zero-order valence-electron chi connectivity index (χ0n) is 38.0. The summed E-state index contributed by atoms with van der Waals surface area (Å²) in [5, 5.41) is 17.7. The fraction of sp³-hybridized carbons (Fsp3) is 0.458. The van der Waals surface area contributed by atoms with E-state index in [9.17, 15) is 38.9 Å². The lowest BCUT2D eigenvalue weighted by molar-refractivity contribution is -0.386. The topological polar surface area (TPSA) is 250 Å². The van der Waals surface area contributed by atoms with Crippen LogP contribution in [0.15, 0.2) is 60.7 Å². The third kappa shape index (κ3) is 17.5. The van der Waals surface area contributed by atoms with Crippen molar-refractivity contribution < 1.29 is 71.7 Å². The summed E-state index contributed by atoms with van der Waals surface area (Å²) >= 11 is 0. The maximum atomic E-state index is 13.3. The summed E-state index contributed by atoms with van der Waals surface area (Å²) in [5.74, 6) is 4.50. The molecule has 3 aromatic carbocycles. The lowest BCUT2D eigenvalue weighted by Crippen LogP contribution is -2.35. The van der Waals surface area contributed by atoms with Crippen molar-refractivity contribution in [2.24, 2.45) is 0 Å². The van der Waals surface area contributed by atoms with Gasteiger partial charge < -0.3 is 48.7 Å². The molecule has 1 saturated heterocycles. The Hall–Kier alpha value is -7.12. The first-order valence-corrected chi connectivity index (χ1v) is 22.0. The lowest BCUT2D eigenvalue weighted by Gasteiger charge is -2.26. The van der Waals surface area contributed by atoms with Crippen molar-refractivity contribution in [3.8, 4) is 23.3 Å². The molecule has 0 bridgehead atoms. The fourth-order valence-electron chi connectivity index (χ4n) is 6.71. The van der Waals surface area contributed by atoms with Crippen molar-refractivity contribution in [3.63, 3.8) is 0 Å². The molecule has 5 amide bonds. The Morgan fingerprint density at radius 1 is 0.739 bits per heavy atom. The first-order valence-electron chi connectivity index (χ1n) is 22.0. The number of amides is 5. The molecule has 21 heteroatoms. The number of carbonyl (C=O) groups is 6. The van der Waals surface area contributed by atoms with E-state index in [1.165, 1.54) is 20.1 Å². The molecule has 69 heavy (non-hydrogen) atoms. The molecule has 0 aromatic heterocycles. The van der Waals surface area contributed by atoms with Gasteiger partial charge in [-0.1, -0.05) is 54.7 Å².